The normalized spacial score (nSPS) is 29.3. The van der Waals surface area contributed by atoms with E-state index in [4.69, 9.17) is 14.2 Å². The van der Waals surface area contributed by atoms with Crippen molar-refractivity contribution in [3.63, 3.8) is 0 Å². The quantitative estimate of drug-likeness (QED) is 0.0891. The van der Waals surface area contributed by atoms with Crippen molar-refractivity contribution < 1.29 is 49.4 Å². The maximum Gasteiger partial charge on any atom is 0.453 e. The second-order valence-corrected chi connectivity index (χ2v) is 18.5. The third kappa shape index (κ3) is 10.2. The van der Waals surface area contributed by atoms with Gasteiger partial charge in [0.2, 0.25) is 0 Å². The Morgan fingerprint density at radius 1 is 0.981 bits per heavy atom. The van der Waals surface area contributed by atoms with Crippen LogP contribution in [0.3, 0.4) is 0 Å². The summed E-state index contributed by atoms with van der Waals surface area (Å²) in [6.07, 6.45) is 4.46. The first-order valence-electron chi connectivity index (χ1n) is 19.4. The van der Waals surface area contributed by atoms with E-state index in [0.29, 0.717) is 36.6 Å². The molecule has 3 aliphatic carbocycles. The van der Waals surface area contributed by atoms with E-state index in [-0.39, 0.29) is 29.5 Å². The predicted molar refractivity (Wildman–Crippen MR) is 189 cm³/mol. The minimum absolute atomic E-state index is 0.0195. The molecule has 7 nitrogen and oxygen atoms in total. The molecule has 0 amide bonds. The highest BCUT2D eigenvalue weighted by Crippen LogP contribution is 2.63. The van der Waals surface area contributed by atoms with Gasteiger partial charge in [0.05, 0.1) is 18.1 Å². The third-order valence-electron chi connectivity index (χ3n) is 12.5. The molecule has 52 heavy (non-hydrogen) atoms. The number of hydrogen-bond donors (Lipinski definition) is 0. The Hall–Kier alpha value is -1.99. The first-order chi connectivity index (χ1) is 24.5. The first-order valence-corrected chi connectivity index (χ1v) is 21.2. The van der Waals surface area contributed by atoms with Crippen LogP contribution in [0.2, 0.25) is 0 Å². The van der Waals surface area contributed by atoms with Crippen LogP contribution in [0.4, 0.5) is 22.0 Å². The van der Waals surface area contributed by atoms with Crippen LogP contribution in [0.25, 0.3) is 0 Å². The smallest absolute Gasteiger partial charge is 0.453 e. The molecule has 1 saturated heterocycles. The summed E-state index contributed by atoms with van der Waals surface area (Å²) in [5, 5.41) is 0. The molecule has 4 aliphatic rings. The van der Waals surface area contributed by atoms with Crippen molar-refractivity contribution in [2.24, 2.45) is 23.2 Å². The zero-order chi connectivity index (χ0) is 37.7. The lowest BCUT2D eigenvalue weighted by Crippen LogP contribution is -2.48. The van der Waals surface area contributed by atoms with Crippen molar-refractivity contribution in [1.82, 2.24) is 4.90 Å². The average molecular weight is 764 g/mol. The zero-order valence-electron chi connectivity index (χ0n) is 31.0. The van der Waals surface area contributed by atoms with Crippen molar-refractivity contribution in [3.05, 3.63) is 29.3 Å². The maximum absolute atomic E-state index is 13.1. The third-order valence-corrected chi connectivity index (χ3v) is 14.3. The van der Waals surface area contributed by atoms with E-state index in [1.165, 1.54) is 18.1 Å². The van der Waals surface area contributed by atoms with Crippen LogP contribution in [0, 0.1) is 23.2 Å². The molecule has 13 heteroatoms. The summed E-state index contributed by atoms with van der Waals surface area (Å²) in [5.74, 6) is -3.15. The molecule has 0 radical (unpaired) electrons. The Labute approximate surface area is 306 Å². The Morgan fingerprint density at radius 3 is 2.44 bits per heavy atom. The van der Waals surface area contributed by atoms with Crippen LogP contribution in [0.5, 0.6) is 5.75 Å². The predicted octanol–water partition coefficient (Wildman–Crippen LogP) is 8.88. The number of nitrogens with zero attached hydrogens (tertiary/aromatic N) is 1. The average Bonchev–Trinajstić information content (AvgIpc) is 3.39. The molecule has 1 heterocycles. The molecule has 0 N–H and O–H groups in total. The molecule has 1 aliphatic heterocycles. The number of carbonyl (C=O) groups excluding carboxylic acids is 1. The highest BCUT2D eigenvalue weighted by atomic mass is 32.2. The molecule has 0 bridgehead atoms. The van der Waals surface area contributed by atoms with Gasteiger partial charge in [-0.05, 0) is 138 Å². The van der Waals surface area contributed by atoms with E-state index in [1.54, 1.807) is 0 Å². The van der Waals surface area contributed by atoms with Gasteiger partial charge in [-0.25, -0.2) is 8.42 Å². The van der Waals surface area contributed by atoms with Gasteiger partial charge in [-0.2, -0.15) is 22.0 Å². The van der Waals surface area contributed by atoms with E-state index in [1.807, 2.05) is 7.05 Å². The second kappa shape index (κ2) is 17.2. The topological polar surface area (TPSA) is 82.1 Å². The highest BCUT2D eigenvalue weighted by Gasteiger charge is 2.58. The molecule has 1 aromatic carbocycles. The number of rotatable bonds is 17. The lowest BCUT2D eigenvalue weighted by atomic mass is 9.52. The van der Waals surface area contributed by atoms with Gasteiger partial charge in [-0.15, -0.1) is 0 Å². The number of sulfone groups is 1. The molecule has 1 unspecified atom stereocenters. The minimum Gasteiger partial charge on any atom is -0.465 e. The summed E-state index contributed by atoms with van der Waals surface area (Å²) in [4.78, 5) is 14.1. The highest BCUT2D eigenvalue weighted by molar-refractivity contribution is 7.91. The van der Waals surface area contributed by atoms with E-state index in [9.17, 15) is 35.2 Å². The molecule has 296 valence electrons. The molecule has 0 aromatic heterocycles. The summed E-state index contributed by atoms with van der Waals surface area (Å²) >= 11 is 0. The number of alkyl halides is 5. The number of halogens is 5. The van der Waals surface area contributed by atoms with E-state index in [2.05, 4.69) is 30.0 Å². The van der Waals surface area contributed by atoms with Crippen LogP contribution in [0.1, 0.15) is 121 Å². The fourth-order valence-electron chi connectivity index (χ4n) is 9.81. The first kappa shape index (κ1) is 41.2. The van der Waals surface area contributed by atoms with Gasteiger partial charge in [0.15, 0.2) is 6.29 Å². The number of unbranched alkanes of at least 4 members (excludes halogenated alkanes) is 2. The van der Waals surface area contributed by atoms with E-state index in [0.717, 1.165) is 96.0 Å². The van der Waals surface area contributed by atoms with Crippen molar-refractivity contribution in [1.29, 1.82) is 0 Å². The zero-order valence-corrected chi connectivity index (χ0v) is 31.8. The monoisotopic (exact) mass is 763 g/mol. The lowest BCUT2D eigenvalue weighted by molar-refractivity contribution is -0.284. The minimum atomic E-state index is -5.67. The van der Waals surface area contributed by atoms with Crippen LogP contribution >= 0.6 is 0 Å². The summed E-state index contributed by atoms with van der Waals surface area (Å²) < 4.78 is 106. The number of fused-ring (bicyclic) bond motifs is 5. The molecular formula is C39H58F5NO6S. The molecule has 0 spiro atoms. The fourth-order valence-corrected chi connectivity index (χ4v) is 11.2. The number of esters is 1. The van der Waals surface area contributed by atoms with Crippen molar-refractivity contribution in [2.45, 2.75) is 141 Å². The summed E-state index contributed by atoms with van der Waals surface area (Å²) in [5.41, 5.74) is 2.80. The summed E-state index contributed by atoms with van der Waals surface area (Å²) in [7, 11) is -1.80. The molecular weight excluding hydrogens is 705 g/mol. The second-order valence-electron chi connectivity index (χ2n) is 16.2. The van der Waals surface area contributed by atoms with Gasteiger partial charge >= 0.3 is 18.1 Å². The molecule has 1 aromatic rings. The lowest BCUT2D eigenvalue weighted by Gasteiger charge is -2.53. The number of benzene rings is 1. The maximum atomic E-state index is 13.1. The van der Waals surface area contributed by atoms with Gasteiger partial charge < -0.3 is 19.1 Å². The van der Waals surface area contributed by atoms with Gasteiger partial charge in [0, 0.05) is 25.2 Å². The molecule has 3 fully saturated rings. The van der Waals surface area contributed by atoms with E-state index >= 15 is 0 Å². The van der Waals surface area contributed by atoms with Gasteiger partial charge in [0.25, 0.3) is 0 Å². The number of carbonyl (C=O) groups is 1. The van der Waals surface area contributed by atoms with Crippen molar-refractivity contribution in [2.75, 3.05) is 38.2 Å². The Balaban J connectivity index is 1.13. The number of ether oxygens (including phenoxy) is 3. The largest absolute Gasteiger partial charge is 0.465 e. The van der Waals surface area contributed by atoms with Gasteiger partial charge in [-0.1, -0.05) is 25.8 Å². The van der Waals surface area contributed by atoms with Crippen molar-refractivity contribution >= 4 is 15.8 Å². The summed E-state index contributed by atoms with van der Waals surface area (Å²) in [6.45, 7) is 5.87. The number of hydrogen-bond acceptors (Lipinski definition) is 7. The Kier molecular flexibility index (Phi) is 13.6. The van der Waals surface area contributed by atoms with Crippen molar-refractivity contribution in [3.8, 4) is 5.75 Å². The van der Waals surface area contributed by atoms with Crippen LogP contribution in [0.15, 0.2) is 18.2 Å². The molecule has 7 atom stereocenters. The van der Waals surface area contributed by atoms with Gasteiger partial charge in [-0.3, -0.25) is 4.79 Å². The Morgan fingerprint density at radius 2 is 1.73 bits per heavy atom. The SMILES string of the molecule is CC(=O)O[C@H]1CC[C@H]2[C@@H]3[C@H](CCCCCN(C)CCCS(=O)(=O)CCCC(F)(F)C(F)(F)F)Cc4cc(OC5CCCCO5)ccc4[C@H]3CC[C@]12C. The standard InChI is InChI=1S/C39H58F5NO6S/c1-27(46)50-34-16-15-33-36-28(11-5-4-7-20-45(3)21-10-24-52(47,48)23-9-18-38(40,41)39(42,43)44)25-29-26-30(51-35-12-6-8-22-49-35)13-14-31(29)32(36)17-19-37(33,34)2/h13-14,26,28,32-36H,4-12,15-25H2,1-3H3/t28-,32-,33+,34+,35?,36-,37+/m1/s1. The van der Waals surface area contributed by atoms with E-state index < -0.39 is 40.5 Å². The van der Waals surface area contributed by atoms with Crippen LogP contribution in [-0.2, 0) is 30.5 Å². The van der Waals surface area contributed by atoms with Gasteiger partial charge in [0.1, 0.15) is 21.7 Å². The van der Waals surface area contributed by atoms with Crippen LogP contribution in [-0.4, -0.2) is 82.0 Å². The Bertz CT molecular complexity index is 1450. The summed E-state index contributed by atoms with van der Waals surface area (Å²) in [6, 6.07) is 6.65. The fraction of sp³-hybridized carbons (Fsp3) is 0.821. The van der Waals surface area contributed by atoms with Crippen LogP contribution < -0.4 is 4.74 Å². The molecule has 2 saturated carbocycles. The molecule has 5 rings (SSSR count).